The molecule has 0 spiro atoms. The maximum atomic E-state index is 2.32. The average molecular weight is 305 g/mol. The van der Waals surface area contributed by atoms with E-state index in [-0.39, 0.29) is 8.80 Å². The van der Waals surface area contributed by atoms with Gasteiger partial charge in [0.15, 0.2) is 0 Å². The van der Waals surface area contributed by atoms with Crippen molar-refractivity contribution < 1.29 is 0 Å². The summed E-state index contributed by atoms with van der Waals surface area (Å²) in [6.07, 6.45) is 0. The van der Waals surface area contributed by atoms with E-state index < -0.39 is 14.3 Å². The van der Waals surface area contributed by atoms with E-state index in [1.54, 1.807) is 15.5 Å². The Morgan fingerprint density at radius 1 is 0.882 bits per heavy atom. The Labute approximate surface area is 113 Å². The van der Waals surface area contributed by atoms with E-state index in [2.05, 4.69) is 63.8 Å². The third-order valence-electron chi connectivity index (χ3n) is 2.87. The van der Waals surface area contributed by atoms with Gasteiger partial charge in [0.25, 0.3) is 0 Å². The molecule has 2 rings (SSSR count). The first-order chi connectivity index (χ1) is 8.00. The van der Waals surface area contributed by atoms with E-state index in [0.29, 0.717) is 0 Å². The molecule has 1 heterocycles. The fourth-order valence-corrected chi connectivity index (χ4v) is 8.35. The van der Waals surface area contributed by atoms with Crippen LogP contribution in [0.25, 0.3) is 0 Å². The molecule has 0 N–H and O–H groups in total. The minimum atomic E-state index is -0.905. The summed E-state index contributed by atoms with van der Waals surface area (Å²) in [5.74, 6) is 0. The van der Waals surface area contributed by atoms with Crippen LogP contribution in [0.3, 0.4) is 0 Å². The molecule has 0 atom stereocenters. The molecule has 0 nitrogen and oxygen atoms in total. The van der Waals surface area contributed by atoms with Gasteiger partial charge in [0, 0.05) is 8.80 Å². The average Bonchev–Trinajstić information content (AvgIpc) is 2.60. The molecule has 1 aromatic carbocycles. The van der Waals surface area contributed by atoms with Crippen LogP contribution in [0, 0.1) is 0 Å². The van der Waals surface area contributed by atoms with Gasteiger partial charge in [0.2, 0.25) is 0 Å². The van der Waals surface area contributed by atoms with Crippen molar-refractivity contribution in [2.45, 2.75) is 44.0 Å². The van der Waals surface area contributed by atoms with Crippen molar-refractivity contribution in [1.82, 2.24) is 0 Å². The van der Waals surface area contributed by atoms with Crippen LogP contribution in [-0.4, -0.2) is 23.1 Å². The summed E-state index contributed by atoms with van der Waals surface area (Å²) in [7, 11) is 0.120. The largest absolute Gasteiger partial charge is 0.0715 e. The summed E-state index contributed by atoms with van der Waals surface area (Å²) < 4.78 is 1.67. The van der Waals surface area contributed by atoms with Gasteiger partial charge in [-0.3, -0.25) is 0 Å². The fraction of sp³-hybridized carbons (Fsp3) is 0.467. The van der Waals surface area contributed by atoms with E-state index in [1.807, 2.05) is 0 Å². The van der Waals surface area contributed by atoms with Crippen LogP contribution < -0.4 is 4.40 Å². The van der Waals surface area contributed by atoms with Gasteiger partial charge in [-0.2, -0.15) is 0 Å². The van der Waals surface area contributed by atoms with Gasteiger partial charge in [0.05, 0.1) is 0 Å². The summed E-state index contributed by atoms with van der Waals surface area (Å²) >= 11 is -0.905. The second kappa shape index (κ2) is 7.22. The first-order valence-corrected chi connectivity index (χ1v) is 13.3. The van der Waals surface area contributed by atoms with E-state index in [1.165, 1.54) is 10.5 Å². The number of allylic oxidation sites excluding steroid dienone is 2. The molecule has 2 radical (unpaired) electrons. The van der Waals surface area contributed by atoms with Crippen LogP contribution in [0.2, 0.25) is 30.1 Å². The minimum Gasteiger partial charge on any atom is -0.0715 e. The molecule has 0 saturated carbocycles. The molecule has 0 bridgehead atoms. The van der Waals surface area contributed by atoms with Crippen LogP contribution >= 0.6 is 0 Å². The predicted octanol–water partition coefficient (Wildman–Crippen LogP) is 4.11. The van der Waals surface area contributed by atoms with Crippen molar-refractivity contribution in [3.8, 4) is 0 Å². The summed E-state index contributed by atoms with van der Waals surface area (Å²) in [6, 6.07) is 11.1. The normalized spacial score (nSPS) is 16.1. The molecular formula is C15H24GeSi. The molecule has 1 aromatic rings. The number of hydrogen-bond donors (Lipinski definition) is 0. The smallest absolute Gasteiger partial charge is 0.0379 e. The molecular weight excluding hydrogens is 281 g/mol. The van der Waals surface area contributed by atoms with Crippen molar-refractivity contribution in [3.63, 3.8) is 0 Å². The van der Waals surface area contributed by atoms with E-state index in [0.717, 1.165) is 0 Å². The van der Waals surface area contributed by atoms with Gasteiger partial charge in [-0.15, -0.1) is 0 Å². The van der Waals surface area contributed by atoms with Crippen LogP contribution in [0.1, 0.15) is 13.8 Å². The quantitative estimate of drug-likeness (QED) is 0.541. The van der Waals surface area contributed by atoms with Crippen LogP contribution in [0.5, 0.6) is 0 Å². The Hall–Kier alpha value is -0.280. The van der Waals surface area contributed by atoms with Gasteiger partial charge < -0.3 is 0 Å². The second-order valence-corrected chi connectivity index (χ2v) is 13.6. The van der Waals surface area contributed by atoms with Gasteiger partial charge >= 0.3 is 84.6 Å². The zero-order valence-electron chi connectivity index (χ0n) is 11.8. The fourth-order valence-electron chi connectivity index (χ4n) is 1.88. The Balaban J connectivity index is 0.000000317. The zero-order valence-corrected chi connectivity index (χ0v) is 14.9. The molecule has 1 aliphatic rings. The van der Waals surface area contributed by atoms with Gasteiger partial charge in [-0.25, -0.2) is 0 Å². The SMILES string of the molecule is CC1=C(C)[CH2][Ge]([c]2ccccc2)[CH2]1.C[Si](C)C. The van der Waals surface area contributed by atoms with Crippen LogP contribution in [-0.2, 0) is 0 Å². The predicted molar refractivity (Wildman–Crippen MR) is 83.2 cm³/mol. The Morgan fingerprint density at radius 3 is 1.71 bits per heavy atom. The first-order valence-electron chi connectivity index (χ1n) is 6.32. The summed E-state index contributed by atoms with van der Waals surface area (Å²) in [5, 5.41) is 2.85. The molecule has 0 amide bonds. The topological polar surface area (TPSA) is 0 Å². The van der Waals surface area contributed by atoms with Gasteiger partial charge in [-0.1, -0.05) is 19.6 Å². The maximum Gasteiger partial charge on any atom is 0.0379 e. The summed E-state index contributed by atoms with van der Waals surface area (Å²) in [4.78, 5) is 0. The Bertz CT molecular complexity index is 351. The van der Waals surface area contributed by atoms with Crippen molar-refractivity contribution in [3.05, 3.63) is 41.5 Å². The molecule has 0 aliphatic carbocycles. The van der Waals surface area contributed by atoms with Gasteiger partial charge in [-0.05, 0) is 0 Å². The maximum absolute atomic E-state index is 2.32. The molecule has 1 aliphatic heterocycles. The molecule has 17 heavy (non-hydrogen) atoms. The van der Waals surface area contributed by atoms with Crippen molar-refractivity contribution >= 4 is 27.5 Å². The third kappa shape index (κ3) is 5.26. The molecule has 0 unspecified atom stereocenters. The Morgan fingerprint density at radius 2 is 1.29 bits per heavy atom. The van der Waals surface area contributed by atoms with Gasteiger partial charge in [0.1, 0.15) is 0 Å². The zero-order chi connectivity index (χ0) is 12.8. The number of benzene rings is 1. The van der Waals surface area contributed by atoms with Crippen molar-refractivity contribution in [2.24, 2.45) is 0 Å². The van der Waals surface area contributed by atoms with Crippen LogP contribution in [0.4, 0.5) is 0 Å². The van der Waals surface area contributed by atoms with E-state index in [4.69, 9.17) is 0 Å². The standard InChI is InChI=1S/C12H15Ge.C3H9Si/c1-10-8-13(9-11(10)2)12-6-4-3-5-7-12;1-4(2)3/h3-7H,8-9H2,1-2H3;1-3H3. The minimum absolute atomic E-state index is 0.120. The van der Waals surface area contributed by atoms with Crippen molar-refractivity contribution in [2.75, 3.05) is 0 Å². The molecule has 0 aromatic heterocycles. The van der Waals surface area contributed by atoms with E-state index >= 15 is 0 Å². The van der Waals surface area contributed by atoms with E-state index in [9.17, 15) is 0 Å². The monoisotopic (exact) mass is 306 g/mol. The number of hydrogen-bond acceptors (Lipinski definition) is 0. The molecule has 92 valence electrons. The summed E-state index contributed by atoms with van der Waals surface area (Å²) in [6.45, 7) is 11.4. The molecule has 0 fully saturated rings. The third-order valence-corrected chi connectivity index (χ3v) is 9.30. The first kappa shape index (κ1) is 14.8. The van der Waals surface area contributed by atoms with Crippen molar-refractivity contribution in [1.29, 1.82) is 0 Å². The van der Waals surface area contributed by atoms with Crippen LogP contribution in [0.15, 0.2) is 41.5 Å². The second-order valence-electron chi connectivity index (χ2n) is 5.38. The Kier molecular flexibility index (Phi) is 6.28. The summed E-state index contributed by atoms with van der Waals surface area (Å²) in [5.41, 5.74) is 3.33. The number of rotatable bonds is 1. The molecule has 2 heteroatoms. The molecule has 0 saturated heterocycles.